The first kappa shape index (κ1) is 21.0. The van der Waals surface area contributed by atoms with Crippen molar-refractivity contribution in [2.75, 3.05) is 25.0 Å². The number of thiophene rings is 1. The van der Waals surface area contributed by atoms with Crippen molar-refractivity contribution in [3.63, 3.8) is 0 Å². The number of amides is 2. The van der Waals surface area contributed by atoms with Crippen LogP contribution < -0.4 is 15.4 Å². The molecule has 2 amide bonds. The minimum atomic E-state index is -0.198. The molecular formula is C24H22ClN3O3S. The lowest BCUT2D eigenvalue weighted by Crippen LogP contribution is -2.40. The minimum Gasteiger partial charge on any atom is -0.482 e. The summed E-state index contributed by atoms with van der Waals surface area (Å²) in [5.41, 5.74) is 3.55. The predicted molar refractivity (Wildman–Crippen MR) is 126 cm³/mol. The van der Waals surface area contributed by atoms with Crippen LogP contribution in [0.1, 0.15) is 32.4 Å². The van der Waals surface area contributed by atoms with Gasteiger partial charge in [-0.05, 0) is 59.3 Å². The molecule has 1 unspecified atom stereocenters. The molecule has 5 rings (SSSR count). The summed E-state index contributed by atoms with van der Waals surface area (Å²) in [4.78, 5) is 28.2. The molecule has 0 aliphatic carbocycles. The first-order chi connectivity index (χ1) is 15.6. The number of hydrogen-bond donors (Lipinski definition) is 2. The third-order valence-electron chi connectivity index (χ3n) is 5.87. The van der Waals surface area contributed by atoms with Crippen molar-refractivity contribution >= 4 is 40.4 Å². The van der Waals surface area contributed by atoms with Gasteiger partial charge >= 0.3 is 0 Å². The number of ether oxygens (including phenoxy) is 1. The van der Waals surface area contributed by atoms with Gasteiger partial charge in [0.1, 0.15) is 5.75 Å². The van der Waals surface area contributed by atoms with Crippen LogP contribution in [0.2, 0.25) is 5.02 Å². The highest BCUT2D eigenvalue weighted by atomic mass is 35.5. The van der Waals surface area contributed by atoms with Gasteiger partial charge in [-0.3, -0.25) is 14.5 Å². The van der Waals surface area contributed by atoms with E-state index in [4.69, 9.17) is 16.3 Å². The molecule has 32 heavy (non-hydrogen) atoms. The van der Waals surface area contributed by atoms with Crippen molar-refractivity contribution in [2.45, 2.75) is 19.0 Å². The Morgan fingerprint density at radius 2 is 2.06 bits per heavy atom. The van der Waals surface area contributed by atoms with Gasteiger partial charge in [-0.25, -0.2) is 0 Å². The average Bonchev–Trinajstić information content (AvgIpc) is 3.28. The van der Waals surface area contributed by atoms with Crippen LogP contribution in [0.3, 0.4) is 0 Å². The summed E-state index contributed by atoms with van der Waals surface area (Å²) in [6, 6.07) is 15.1. The maximum absolute atomic E-state index is 12.9. The number of halogens is 1. The summed E-state index contributed by atoms with van der Waals surface area (Å²) in [5.74, 6) is 0.129. The molecule has 1 atom stereocenters. The van der Waals surface area contributed by atoms with Crippen LogP contribution in [0, 0.1) is 0 Å². The van der Waals surface area contributed by atoms with Gasteiger partial charge in [0.15, 0.2) is 6.61 Å². The van der Waals surface area contributed by atoms with Crippen LogP contribution in [0.15, 0.2) is 53.9 Å². The lowest BCUT2D eigenvalue weighted by Gasteiger charge is -2.35. The van der Waals surface area contributed by atoms with Crippen LogP contribution in [0.4, 0.5) is 5.69 Å². The van der Waals surface area contributed by atoms with Crippen molar-refractivity contribution < 1.29 is 14.3 Å². The molecule has 3 heterocycles. The maximum Gasteiger partial charge on any atom is 0.262 e. The number of benzene rings is 2. The zero-order chi connectivity index (χ0) is 22.1. The number of anilines is 1. The Bertz CT molecular complexity index is 1160. The third kappa shape index (κ3) is 4.37. The van der Waals surface area contributed by atoms with Gasteiger partial charge in [0, 0.05) is 35.1 Å². The lowest BCUT2D eigenvalue weighted by molar-refractivity contribution is -0.118. The van der Waals surface area contributed by atoms with E-state index < -0.39 is 0 Å². The molecule has 2 aromatic carbocycles. The van der Waals surface area contributed by atoms with Crippen LogP contribution in [0.5, 0.6) is 5.75 Å². The fourth-order valence-electron chi connectivity index (χ4n) is 4.19. The third-order valence-corrected chi connectivity index (χ3v) is 7.14. The lowest BCUT2D eigenvalue weighted by atomic mass is 10.0. The zero-order valence-electron chi connectivity index (χ0n) is 17.3. The van der Waals surface area contributed by atoms with Crippen LogP contribution in [-0.4, -0.2) is 36.4 Å². The Morgan fingerprint density at radius 3 is 2.91 bits per heavy atom. The summed E-state index contributed by atoms with van der Waals surface area (Å²) in [6.07, 6.45) is 1.01. The summed E-state index contributed by atoms with van der Waals surface area (Å²) in [7, 11) is 0. The highest BCUT2D eigenvalue weighted by Crippen LogP contribution is 2.31. The van der Waals surface area contributed by atoms with Crippen LogP contribution in [0.25, 0.3) is 0 Å². The Hall–Kier alpha value is -2.87. The topological polar surface area (TPSA) is 70.7 Å². The molecule has 2 N–H and O–H groups in total. The molecule has 0 radical (unpaired) electrons. The molecule has 0 spiro atoms. The first-order valence-corrected chi connectivity index (χ1v) is 11.7. The van der Waals surface area contributed by atoms with Crippen molar-refractivity contribution in [1.29, 1.82) is 0 Å². The van der Waals surface area contributed by atoms with E-state index in [0.717, 1.165) is 25.1 Å². The highest BCUT2D eigenvalue weighted by molar-refractivity contribution is 7.10. The Kier molecular flexibility index (Phi) is 5.87. The summed E-state index contributed by atoms with van der Waals surface area (Å²) in [6.45, 7) is 2.21. The highest BCUT2D eigenvalue weighted by Gasteiger charge is 2.26. The van der Waals surface area contributed by atoms with Gasteiger partial charge in [-0.2, -0.15) is 0 Å². The van der Waals surface area contributed by atoms with E-state index >= 15 is 0 Å². The van der Waals surface area contributed by atoms with E-state index in [1.165, 1.54) is 10.4 Å². The minimum absolute atomic E-state index is 0.0254. The number of rotatable bonds is 5. The number of carbonyl (C=O) groups excluding carboxylic acids is 2. The molecule has 3 aromatic rings. The van der Waals surface area contributed by atoms with Crippen LogP contribution >= 0.6 is 22.9 Å². The van der Waals surface area contributed by atoms with Gasteiger partial charge in [0.05, 0.1) is 11.7 Å². The van der Waals surface area contributed by atoms with Crippen molar-refractivity contribution in [3.8, 4) is 5.75 Å². The molecule has 0 saturated heterocycles. The predicted octanol–water partition coefficient (Wildman–Crippen LogP) is 4.26. The normalized spacial score (nSPS) is 16.3. The Morgan fingerprint density at radius 1 is 1.22 bits per heavy atom. The van der Waals surface area contributed by atoms with Crippen molar-refractivity contribution in [1.82, 2.24) is 10.2 Å². The zero-order valence-corrected chi connectivity index (χ0v) is 18.8. The van der Waals surface area contributed by atoms with E-state index in [2.05, 4.69) is 27.0 Å². The Balaban J connectivity index is 1.33. The summed E-state index contributed by atoms with van der Waals surface area (Å²) >= 11 is 7.92. The smallest absolute Gasteiger partial charge is 0.262 e. The summed E-state index contributed by atoms with van der Waals surface area (Å²) in [5, 5.41) is 8.67. The van der Waals surface area contributed by atoms with E-state index in [0.29, 0.717) is 28.6 Å². The molecule has 1 aromatic heterocycles. The van der Waals surface area contributed by atoms with E-state index in [1.807, 2.05) is 35.6 Å². The molecule has 0 fully saturated rings. The number of fused-ring (bicyclic) bond motifs is 2. The van der Waals surface area contributed by atoms with Gasteiger partial charge in [-0.15, -0.1) is 11.3 Å². The molecule has 0 bridgehead atoms. The number of nitrogens with zero attached hydrogens (tertiary/aromatic N) is 1. The monoisotopic (exact) mass is 467 g/mol. The van der Waals surface area contributed by atoms with Gasteiger partial charge in [0.25, 0.3) is 11.8 Å². The van der Waals surface area contributed by atoms with Crippen molar-refractivity contribution in [3.05, 3.63) is 80.5 Å². The van der Waals surface area contributed by atoms with Gasteiger partial charge in [-0.1, -0.05) is 23.7 Å². The molecule has 2 aliphatic rings. The SMILES string of the molecule is O=C1COc2cc(C(=O)NCC(c3ccc(Cl)cc3)N3CCc4sccc4C3)ccc2N1. The fourth-order valence-corrected chi connectivity index (χ4v) is 5.20. The molecule has 164 valence electrons. The second-order valence-corrected chi connectivity index (χ2v) is 9.35. The maximum atomic E-state index is 12.9. The fraction of sp³-hybridized carbons (Fsp3) is 0.250. The second-order valence-electron chi connectivity index (χ2n) is 7.91. The first-order valence-electron chi connectivity index (χ1n) is 10.5. The summed E-state index contributed by atoms with van der Waals surface area (Å²) < 4.78 is 5.44. The number of nitrogens with one attached hydrogen (secondary N) is 2. The molecule has 6 nitrogen and oxygen atoms in total. The van der Waals surface area contributed by atoms with E-state index in [9.17, 15) is 9.59 Å². The van der Waals surface area contributed by atoms with E-state index in [1.54, 1.807) is 18.2 Å². The van der Waals surface area contributed by atoms with Gasteiger partial charge in [0.2, 0.25) is 0 Å². The number of carbonyl (C=O) groups is 2. The second kappa shape index (κ2) is 8.94. The quantitative estimate of drug-likeness (QED) is 0.588. The Labute approximate surface area is 195 Å². The largest absolute Gasteiger partial charge is 0.482 e. The molecule has 8 heteroatoms. The number of hydrogen-bond acceptors (Lipinski definition) is 5. The van der Waals surface area contributed by atoms with Crippen LogP contribution in [-0.2, 0) is 17.8 Å². The van der Waals surface area contributed by atoms with Crippen molar-refractivity contribution in [2.24, 2.45) is 0 Å². The average molecular weight is 468 g/mol. The molecular weight excluding hydrogens is 446 g/mol. The molecule has 2 aliphatic heterocycles. The van der Waals surface area contributed by atoms with Gasteiger partial charge < -0.3 is 15.4 Å². The van der Waals surface area contributed by atoms with E-state index in [-0.39, 0.29) is 24.5 Å². The standard InChI is InChI=1S/C24H22ClN3O3S/c25-18-4-1-15(2-5-18)20(28-9-7-22-17(13-28)8-10-32-22)12-26-24(30)16-3-6-19-21(11-16)31-14-23(29)27-19/h1-6,8,10-11,20H,7,9,12-14H2,(H,26,30)(H,27,29). The molecule has 0 saturated carbocycles.